The van der Waals surface area contributed by atoms with E-state index in [2.05, 4.69) is 25.3 Å². The van der Waals surface area contributed by atoms with Gasteiger partial charge in [0.1, 0.15) is 12.1 Å². The molecule has 1 aliphatic carbocycles. The highest BCUT2D eigenvalue weighted by Gasteiger charge is 2.25. The van der Waals surface area contributed by atoms with Gasteiger partial charge in [0, 0.05) is 18.8 Å². The summed E-state index contributed by atoms with van der Waals surface area (Å²) in [6, 6.07) is 0. The molecule has 1 fully saturated rings. The van der Waals surface area contributed by atoms with Crippen molar-refractivity contribution >= 4 is 5.78 Å². The fourth-order valence-corrected chi connectivity index (χ4v) is 2.00. The van der Waals surface area contributed by atoms with Crippen LogP contribution >= 0.6 is 0 Å². The van der Waals surface area contributed by atoms with Crippen LogP contribution in [0.25, 0.3) is 11.6 Å². The van der Waals surface area contributed by atoms with Gasteiger partial charge in [0.2, 0.25) is 11.7 Å². The van der Waals surface area contributed by atoms with Gasteiger partial charge in [0.15, 0.2) is 5.82 Å². The maximum absolute atomic E-state index is 11.1. The zero-order valence-corrected chi connectivity index (χ0v) is 9.09. The third-order valence-corrected chi connectivity index (χ3v) is 2.96. The maximum Gasteiger partial charge on any atom is 0.239 e. The molecule has 7 nitrogen and oxygen atoms in total. The lowest BCUT2D eigenvalue weighted by atomic mass is 9.88. The lowest BCUT2D eigenvalue weighted by Gasteiger charge is -2.16. The summed E-state index contributed by atoms with van der Waals surface area (Å²) in [7, 11) is 0. The van der Waals surface area contributed by atoms with Crippen molar-refractivity contribution in [1.29, 1.82) is 0 Å². The minimum atomic E-state index is 0.192. The largest absolute Gasteiger partial charge is 0.339 e. The summed E-state index contributed by atoms with van der Waals surface area (Å²) >= 11 is 0. The Morgan fingerprint density at radius 3 is 2.88 bits per heavy atom. The third-order valence-electron chi connectivity index (χ3n) is 2.96. The first-order chi connectivity index (χ1) is 8.33. The first kappa shape index (κ1) is 10.1. The lowest BCUT2D eigenvalue weighted by molar-refractivity contribution is -0.120. The molecule has 0 unspecified atom stereocenters. The summed E-state index contributed by atoms with van der Waals surface area (Å²) in [5.74, 6) is 2.00. The van der Waals surface area contributed by atoms with Crippen LogP contribution in [0.5, 0.6) is 0 Å². The Labute approximate surface area is 96.6 Å². The van der Waals surface area contributed by atoms with E-state index in [-0.39, 0.29) is 5.92 Å². The van der Waals surface area contributed by atoms with Crippen LogP contribution in [0.2, 0.25) is 0 Å². The van der Waals surface area contributed by atoms with Crippen molar-refractivity contribution in [2.75, 3.05) is 0 Å². The van der Waals surface area contributed by atoms with Crippen molar-refractivity contribution < 1.29 is 9.32 Å². The normalized spacial score (nSPS) is 17.5. The summed E-state index contributed by atoms with van der Waals surface area (Å²) in [5, 5.41) is 10.3. The number of Topliss-reactive ketones (excluding diaryl/α,β-unsaturated/α-hetero) is 1. The number of carbonyl (C=O) groups excluding carboxylic acids is 1. The summed E-state index contributed by atoms with van der Waals surface area (Å²) in [6.07, 6.45) is 4.17. The van der Waals surface area contributed by atoms with Gasteiger partial charge < -0.3 is 4.52 Å². The van der Waals surface area contributed by atoms with Crippen molar-refractivity contribution in [3.63, 3.8) is 0 Å². The molecule has 0 amide bonds. The Morgan fingerprint density at radius 1 is 1.35 bits per heavy atom. The van der Waals surface area contributed by atoms with Gasteiger partial charge >= 0.3 is 0 Å². The van der Waals surface area contributed by atoms with Crippen LogP contribution < -0.4 is 0 Å². The van der Waals surface area contributed by atoms with Gasteiger partial charge in [0.05, 0.1) is 0 Å². The summed E-state index contributed by atoms with van der Waals surface area (Å²) in [6.45, 7) is 0. The Bertz CT molecular complexity index is 509. The second-order valence-electron chi connectivity index (χ2n) is 4.10. The van der Waals surface area contributed by atoms with Crippen LogP contribution in [0.15, 0.2) is 10.9 Å². The number of rotatable bonds is 2. The van der Waals surface area contributed by atoms with E-state index in [1.165, 1.54) is 6.33 Å². The van der Waals surface area contributed by atoms with E-state index in [9.17, 15) is 4.79 Å². The zero-order valence-electron chi connectivity index (χ0n) is 9.09. The van der Waals surface area contributed by atoms with Gasteiger partial charge in [0.25, 0.3) is 0 Å². The molecule has 0 spiro atoms. The second-order valence-corrected chi connectivity index (χ2v) is 4.10. The van der Waals surface area contributed by atoms with E-state index in [4.69, 9.17) is 4.52 Å². The summed E-state index contributed by atoms with van der Waals surface area (Å²) in [5.41, 5.74) is 0. The Morgan fingerprint density at radius 2 is 2.18 bits per heavy atom. The van der Waals surface area contributed by atoms with E-state index in [0.29, 0.717) is 36.2 Å². The number of nitrogens with one attached hydrogen (secondary N) is 1. The molecule has 1 aliphatic rings. The Kier molecular flexibility index (Phi) is 2.43. The van der Waals surface area contributed by atoms with Crippen molar-refractivity contribution in [3.05, 3.63) is 12.2 Å². The first-order valence-electron chi connectivity index (χ1n) is 5.54. The topological polar surface area (TPSA) is 97.6 Å². The van der Waals surface area contributed by atoms with E-state index in [1.54, 1.807) is 0 Å². The highest BCUT2D eigenvalue weighted by Crippen LogP contribution is 2.30. The molecule has 2 aromatic heterocycles. The number of aromatic amines is 1. The van der Waals surface area contributed by atoms with Crippen molar-refractivity contribution in [2.24, 2.45) is 0 Å². The summed E-state index contributed by atoms with van der Waals surface area (Å²) < 4.78 is 5.20. The Balaban J connectivity index is 1.79. The van der Waals surface area contributed by atoms with Gasteiger partial charge in [-0.3, -0.25) is 9.89 Å². The van der Waals surface area contributed by atoms with E-state index in [0.717, 1.165) is 12.8 Å². The second kappa shape index (κ2) is 4.08. The van der Waals surface area contributed by atoms with Gasteiger partial charge in [-0.05, 0) is 12.8 Å². The van der Waals surface area contributed by atoms with Crippen molar-refractivity contribution in [2.45, 2.75) is 31.6 Å². The summed E-state index contributed by atoms with van der Waals surface area (Å²) in [4.78, 5) is 19.4. The highest BCUT2D eigenvalue weighted by atomic mass is 16.5. The molecule has 0 aromatic carbocycles. The highest BCUT2D eigenvalue weighted by molar-refractivity contribution is 5.79. The number of hydrogen-bond acceptors (Lipinski definition) is 6. The van der Waals surface area contributed by atoms with Crippen LogP contribution in [0, 0.1) is 0 Å². The molecule has 0 radical (unpaired) electrons. The SMILES string of the molecule is O=C1CCC(c2nc(-c3ncn[nH]3)no2)CC1. The molecule has 7 heteroatoms. The average molecular weight is 233 g/mol. The van der Waals surface area contributed by atoms with Gasteiger partial charge in [-0.2, -0.15) is 10.1 Å². The molecule has 0 atom stereocenters. The first-order valence-corrected chi connectivity index (χ1v) is 5.54. The molecule has 0 bridgehead atoms. The van der Waals surface area contributed by atoms with Crippen LogP contribution in [0.4, 0.5) is 0 Å². The fraction of sp³-hybridized carbons (Fsp3) is 0.500. The molecule has 17 heavy (non-hydrogen) atoms. The molecule has 3 rings (SSSR count). The molecule has 1 saturated carbocycles. The molecular weight excluding hydrogens is 222 g/mol. The number of ketones is 1. The smallest absolute Gasteiger partial charge is 0.239 e. The van der Waals surface area contributed by atoms with Gasteiger partial charge in [-0.15, -0.1) is 0 Å². The van der Waals surface area contributed by atoms with Crippen LogP contribution in [0.3, 0.4) is 0 Å². The van der Waals surface area contributed by atoms with E-state index < -0.39 is 0 Å². The number of carbonyl (C=O) groups is 1. The minimum absolute atomic E-state index is 0.192. The predicted molar refractivity (Wildman–Crippen MR) is 55.9 cm³/mol. The average Bonchev–Trinajstić information content (AvgIpc) is 3.00. The molecule has 2 heterocycles. The molecule has 0 saturated heterocycles. The van der Waals surface area contributed by atoms with Crippen molar-refractivity contribution in [1.82, 2.24) is 25.3 Å². The van der Waals surface area contributed by atoms with Crippen molar-refractivity contribution in [3.8, 4) is 11.6 Å². The zero-order chi connectivity index (χ0) is 11.7. The molecule has 1 N–H and O–H groups in total. The van der Waals surface area contributed by atoms with E-state index >= 15 is 0 Å². The molecule has 0 aliphatic heterocycles. The number of H-pyrrole nitrogens is 1. The fourth-order valence-electron chi connectivity index (χ4n) is 2.00. The standard InChI is InChI=1S/C10H11N5O2/c16-7-3-1-6(2-4-7)10-13-9(15-17-10)8-11-5-12-14-8/h5-6H,1-4H2,(H,11,12,14). The van der Waals surface area contributed by atoms with Gasteiger partial charge in [-0.25, -0.2) is 4.98 Å². The molecule has 88 valence electrons. The molecular formula is C10H11N5O2. The monoisotopic (exact) mass is 233 g/mol. The van der Waals surface area contributed by atoms with E-state index in [1.807, 2.05) is 0 Å². The Hall–Kier alpha value is -2.05. The number of nitrogens with zero attached hydrogens (tertiary/aromatic N) is 4. The van der Waals surface area contributed by atoms with Crippen LogP contribution in [-0.4, -0.2) is 31.1 Å². The van der Waals surface area contributed by atoms with Crippen LogP contribution in [-0.2, 0) is 4.79 Å². The minimum Gasteiger partial charge on any atom is -0.339 e. The third kappa shape index (κ3) is 1.95. The number of aromatic nitrogens is 5. The van der Waals surface area contributed by atoms with Gasteiger partial charge in [-0.1, -0.05) is 5.16 Å². The predicted octanol–water partition coefficient (Wildman–Crippen LogP) is 1.08. The quantitative estimate of drug-likeness (QED) is 0.833. The lowest BCUT2D eigenvalue weighted by Crippen LogP contribution is -2.12. The number of hydrogen-bond donors (Lipinski definition) is 1. The molecule has 2 aromatic rings. The maximum atomic E-state index is 11.1. The van der Waals surface area contributed by atoms with Crippen LogP contribution in [0.1, 0.15) is 37.5 Å².